The third kappa shape index (κ3) is 3.03. The Balaban J connectivity index is 1.62. The van der Waals surface area contributed by atoms with Crippen molar-refractivity contribution in [2.75, 3.05) is 0 Å². The Morgan fingerprint density at radius 1 is 1.00 bits per heavy atom. The zero-order valence-corrected chi connectivity index (χ0v) is 13.0. The van der Waals surface area contributed by atoms with E-state index >= 15 is 0 Å². The van der Waals surface area contributed by atoms with E-state index in [9.17, 15) is 19.5 Å². The molecule has 6 nitrogen and oxygen atoms in total. The quantitative estimate of drug-likeness (QED) is 0.786. The van der Waals surface area contributed by atoms with Gasteiger partial charge in [0.1, 0.15) is 0 Å². The lowest BCUT2D eigenvalue weighted by Crippen LogP contribution is -2.50. The Hall–Kier alpha value is -2.08. The zero-order valence-electron chi connectivity index (χ0n) is 12.3. The monoisotopic (exact) mass is 335 g/mol. The van der Waals surface area contributed by atoms with Gasteiger partial charge in [0.25, 0.3) is 5.91 Å². The van der Waals surface area contributed by atoms with Gasteiger partial charge in [0.2, 0.25) is 5.91 Å². The maximum absolute atomic E-state index is 12.3. The minimum absolute atomic E-state index is 0.00715. The molecule has 1 aromatic carbocycles. The molecule has 0 radical (unpaired) electrons. The van der Waals surface area contributed by atoms with Crippen molar-refractivity contribution in [2.24, 2.45) is 23.7 Å². The second-order valence-corrected chi connectivity index (χ2v) is 6.59. The van der Waals surface area contributed by atoms with Crippen LogP contribution < -0.4 is 16.0 Å². The summed E-state index contributed by atoms with van der Waals surface area (Å²) in [5.41, 5.74) is 5.01. The lowest BCUT2D eigenvalue weighted by Gasteiger charge is -2.30. The number of benzene rings is 1. The molecular formula is C16H16ClN2O4-. The number of hydrazine groups is 1. The van der Waals surface area contributed by atoms with E-state index in [2.05, 4.69) is 10.9 Å². The molecule has 2 amide bonds. The Kier molecular flexibility index (Phi) is 4.26. The molecule has 4 atom stereocenters. The second kappa shape index (κ2) is 6.20. The van der Waals surface area contributed by atoms with Gasteiger partial charge in [-0.25, -0.2) is 0 Å². The summed E-state index contributed by atoms with van der Waals surface area (Å²) in [6.45, 7) is 0. The first kappa shape index (κ1) is 15.8. The van der Waals surface area contributed by atoms with Crippen LogP contribution in [0.3, 0.4) is 0 Å². The average Bonchev–Trinajstić information content (AvgIpc) is 3.13. The van der Waals surface area contributed by atoms with E-state index < -0.39 is 29.6 Å². The molecule has 2 saturated carbocycles. The fourth-order valence-corrected chi connectivity index (χ4v) is 4.01. The number of amides is 2. The minimum atomic E-state index is -1.18. The zero-order chi connectivity index (χ0) is 16.6. The normalized spacial score (nSPS) is 28.4. The van der Waals surface area contributed by atoms with Crippen LogP contribution in [0.5, 0.6) is 0 Å². The van der Waals surface area contributed by atoms with Gasteiger partial charge in [-0.2, -0.15) is 0 Å². The number of carbonyl (C=O) groups is 3. The van der Waals surface area contributed by atoms with Crippen molar-refractivity contribution in [3.63, 3.8) is 0 Å². The molecule has 2 N–H and O–H groups in total. The van der Waals surface area contributed by atoms with Crippen LogP contribution in [0.25, 0.3) is 0 Å². The van der Waals surface area contributed by atoms with Crippen molar-refractivity contribution < 1.29 is 19.5 Å². The Morgan fingerprint density at radius 3 is 2.22 bits per heavy atom. The molecule has 3 rings (SSSR count). The minimum Gasteiger partial charge on any atom is -0.550 e. The second-order valence-electron chi connectivity index (χ2n) is 6.15. The van der Waals surface area contributed by atoms with Gasteiger partial charge in [-0.05, 0) is 55.4 Å². The summed E-state index contributed by atoms with van der Waals surface area (Å²) in [5.74, 6) is -3.47. The number of aliphatic carboxylic acids is 1. The van der Waals surface area contributed by atoms with Crippen molar-refractivity contribution in [2.45, 2.75) is 19.3 Å². The maximum atomic E-state index is 12.3. The molecule has 2 bridgehead atoms. The van der Waals surface area contributed by atoms with Crippen LogP contribution in [0.2, 0.25) is 5.02 Å². The van der Waals surface area contributed by atoms with Gasteiger partial charge in [-0.3, -0.25) is 20.4 Å². The van der Waals surface area contributed by atoms with Gasteiger partial charge in [-0.15, -0.1) is 0 Å². The summed E-state index contributed by atoms with van der Waals surface area (Å²) in [4.78, 5) is 35.6. The predicted octanol–water partition coefficient (Wildman–Crippen LogP) is 0.513. The van der Waals surface area contributed by atoms with E-state index in [4.69, 9.17) is 11.6 Å². The Morgan fingerprint density at radius 2 is 1.61 bits per heavy atom. The molecule has 2 fully saturated rings. The standard InChI is InChI=1S/C16H17ClN2O4/c17-11-5-3-8(4-6-11)14(20)18-19-15(21)12-9-1-2-10(7-9)13(12)16(22)23/h3-6,9-10,12-13H,1-2,7H2,(H,18,20)(H,19,21)(H,22,23)/p-1/t9-,10+,12-,13+/m1/s1. The van der Waals surface area contributed by atoms with E-state index in [1.807, 2.05) is 0 Å². The molecule has 23 heavy (non-hydrogen) atoms. The number of hydrogen-bond donors (Lipinski definition) is 2. The van der Waals surface area contributed by atoms with Crippen LogP contribution in [0.15, 0.2) is 24.3 Å². The van der Waals surface area contributed by atoms with Crippen molar-refractivity contribution in [3.8, 4) is 0 Å². The maximum Gasteiger partial charge on any atom is 0.269 e. The summed E-state index contributed by atoms with van der Waals surface area (Å²) in [7, 11) is 0. The molecule has 0 unspecified atom stereocenters. The van der Waals surface area contributed by atoms with E-state index in [1.54, 1.807) is 12.1 Å². The van der Waals surface area contributed by atoms with Crippen LogP contribution in [0.1, 0.15) is 29.6 Å². The first-order valence-corrected chi connectivity index (χ1v) is 7.92. The van der Waals surface area contributed by atoms with Crippen molar-refractivity contribution in [1.82, 2.24) is 10.9 Å². The summed E-state index contributed by atoms with van der Waals surface area (Å²) in [6.07, 6.45) is 2.41. The molecular weight excluding hydrogens is 320 g/mol. The largest absolute Gasteiger partial charge is 0.550 e. The van der Waals surface area contributed by atoms with Gasteiger partial charge in [-0.1, -0.05) is 11.6 Å². The molecule has 0 aromatic heterocycles. The number of carbonyl (C=O) groups excluding carboxylic acids is 3. The topological polar surface area (TPSA) is 98.3 Å². The highest BCUT2D eigenvalue weighted by atomic mass is 35.5. The fraction of sp³-hybridized carbons (Fsp3) is 0.438. The van der Waals surface area contributed by atoms with E-state index in [0.717, 1.165) is 19.3 Å². The summed E-state index contributed by atoms with van der Waals surface area (Å²) < 4.78 is 0. The van der Waals surface area contributed by atoms with Crippen LogP contribution in [0, 0.1) is 23.7 Å². The number of halogens is 1. The number of nitrogens with one attached hydrogen (secondary N) is 2. The highest BCUT2D eigenvalue weighted by molar-refractivity contribution is 6.30. The third-order valence-corrected chi connectivity index (χ3v) is 5.15. The van der Waals surface area contributed by atoms with Gasteiger partial charge < -0.3 is 9.90 Å². The lowest BCUT2D eigenvalue weighted by atomic mass is 9.79. The van der Waals surface area contributed by atoms with Crippen molar-refractivity contribution in [1.29, 1.82) is 0 Å². The molecule has 2 aliphatic rings. The highest BCUT2D eigenvalue weighted by Crippen LogP contribution is 2.52. The van der Waals surface area contributed by atoms with Gasteiger partial charge in [0.15, 0.2) is 0 Å². The molecule has 7 heteroatoms. The van der Waals surface area contributed by atoms with E-state index in [0.29, 0.717) is 10.6 Å². The summed E-state index contributed by atoms with van der Waals surface area (Å²) in [5, 5.41) is 11.8. The van der Waals surface area contributed by atoms with Crippen LogP contribution >= 0.6 is 11.6 Å². The van der Waals surface area contributed by atoms with Gasteiger partial charge in [0.05, 0.1) is 5.92 Å². The smallest absolute Gasteiger partial charge is 0.269 e. The number of rotatable bonds is 3. The summed E-state index contributed by atoms with van der Waals surface area (Å²) >= 11 is 5.75. The number of carboxylic acid groups (broad SMARTS) is 1. The number of carboxylic acids is 1. The molecule has 1 aromatic rings. The van der Waals surface area contributed by atoms with Crippen LogP contribution in [-0.2, 0) is 9.59 Å². The predicted molar refractivity (Wildman–Crippen MR) is 79.9 cm³/mol. The third-order valence-electron chi connectivity index (χ3n) is 4.90. The Labute approximate surface area is 138 Å². The SMILES string of the molecule is O=C(NNC(=O)[C@@H]1[C@@H]2CC[C@@H](C2)[C@@H]1C(=O)[O-])c1ccc(Cl)cc1. The molecule has 0 saturated heterocycles. The van der Waals surface area contributed by atoms with Gasteiger partial charge in [0, 0.05) is 22.5 Å². The molecule has 0 heterocycles. The first-order valence-electron chi connectivity index (χ1n) is 7.54. The Bertz CT molecular complexity index is 646. The van der Waals surface area contributed by atoms with Crippen LogP contribution in [0.4, 0.5) is 0 Å². The first-order chi connectivity index (χ1) is 11.0. The van der Waals surface area contributed by atoms with Crippen molar-refractivity contribution in [3.05, 3.63) is 34.9 Å². The molecule has 2 aliphatic carbocycles. The molecule has 0 aliphatic heterocycles. The number of hydrogen-bond acceptors (Lipinski definition) is 4. The fourth-order valence-electron chi connectivity index (χ4n) is 3.88. The van der Waals surface area contributed by atoms with Gasteiger partial charge >= 0.3 is 0 Å². The average molecular weight is 336 g/mol. The lowest BCUT2D eigenvalue weighted by molar-refractivity contribution is -0.314. The number of fused-ring (bicyclic) bond motifs is 2. The highest BCUT2D eigenvalue weighted by Gasteiger charge is 2.51. The van der Waals surface area contributed by atoms with E-state index in [-0.39, 0.29) is 11.8 Å². The van der Waals surface area contributed by atoms with E-state index in [1.165, 1.54) is 12.1 Å². The molecule has 0 spiro atoms. The molecule has 122 valence electrons. The van der Waals surface area contributed by atoms with Crippen molar-refractivity contribution >= 4 is 29.4 Å². The van der Waals surface area contributed by atoms with Crippen LogP contribution in [-0.4, -0.2) is 17.8 Å². The summed E-state index contributed by atoms with van der Waals surface area (Å²) in [6, 6.07) is 6.21.